The van der Waals surface area contributed by atoms with E-state index in [2.05, 4.69) is 329 Å². The maximum atomic E-state index is 8.34. The number of anilines is 7. The number of hydrogen-bond acceptors (Lipinski definition) is 42. The summed E-state index contributed by atoms with van der Waals surface area (Å²) in [6.45, 7) is 21.9. The average molecular weight is 2130 g/mol. The van der Waals surface area contributed by atoms with E-state index in [-0.39, 0.29) is 0 Å². The molecule has 35 nitrogen and oxygen atoms in total. The molecule has 7 N–H and O–H groups in total. The molecule has 0 aromatic heterocycles. The van der Waals surface area contributed by atoms with Gasteiger partial charge < -0.3 is 34.3 Å². The van der Waals surface area contributed by atoms with Gasteiger partial charge in [-0.25, -0.2) is 66.9 Å². The highest BCUT2D eigenvalue weighted by Crippen LogP contribution is 2.55. The second kappa shape index (κ2) is 48.5. The van der Waals surface area contributed by atoms with Crippen molar-refractivity contribution in [3.05, 3.63) is 331 Å². The van der Waals surface area contributed by atoms with Gasteiger partial charge in [-0.15, -0.1) is 30.3 Å². The van der Waals surface area contributed by atoms with Crippen molar-refractivity contribution in [1.82, 2.24) is 30.1 Å². The van der Waals surface area contributed by atoms with E-state index >= 15 is 0 Å². The predicted molar refractivity (Wildman–Crippen MR) is 571 cm³/mol. The lowest BCUT2D eigenvalue weighted by molar-refractivity contribution is -0.433. The highest BCUT2D eigenvalue weighted by atomic mass is 32.2. The van der Waals surface area contributed by atoms with E-state index in [9.17, 15) is 0 Å². The zero-order valence-electron chi connectivity index (χ0n) is 80.6. The van der Waals surface area contributed by atoms with Gasteiger partial charge in [0, 0.05) is 257 Å². The van der Waals surface area contributed by atoms with Crippen molar-refractivity contribution < 1.29 is 102 Å². The van der Waals surface area contributed by atoms with Gasteiger partial charge in [-0.1, -0.05) is 248 Å². The van der Waals surface area contributed by atoms with Gasteiger partial charge in [0.1, 0.15) is 85.6 Å². The van der Waals surface area contributed by atoms with Crippen LogP contribution in [0, 0.1) is 11.8 Å². The molecule has 6 atom stereocenters. The minimum absolute atomic E-state index is 0.437. The minimum atomic E-state index is 0.437. The molecule has 0 saturated heterocycles. The summed E-state index contributed by atoms with van der Waals surface area (Å²) >= 11 is 7.29. The summed E-state index contributed by atoms with van der Waals surface area (Å²) < 4.78 is 46.5. The number of fused-ring (bicyclic) bond motifs is 14. The number of nitrogens with zero attached hydrogens (tertiary/aromatic N) is 14. The van der Waals surface area contributed by atoms with Crippen LogP contribution in [0.25, 0.3) is 16.7 Å². The highest BCUT2D eigenvalue weighted by molar-refractivity contribution is 7.93. The Balaban J connectivity index is 0.0000000974. The molecule has 7 aromatic rings. The van der Waals surface area contributed by atoms with Gasteiger partial charge in [0.25, 0.3) is 0 Å². The lowest BCUT2D eigenvalue weighted by Crippen LogP contribution is -2.38. The van der Waals surface area contributed by atoms with Crippen LogP contribution >= 0.6 is 85.6 Å². The molecule has 7 aliphatic carbocycles. The molecule has 0 bridgehead atoms. The molecule has 14 heterocycles. The molecule has 21 aliphatic rings. The van der Waals surface area contributed by atoms with Crippen molar-refractivity contribution >= 4 is 142 Å². The summed E-state index contributed by atoms with van der Waals surface area (Å²) in [7, 11) is 0. The van der Waals surface area contributed by atoms with E-state index in [4.69, 9.17) is 36.8 Å². The first-order valence-electron chi connectivity index (χ1n) is 49.8. The molecule has 0 unspecified atom stereocenters. The largest absolute Gasteiger partial charge is 0.369 e. The van der Waals surface area contributed by atoms with Gasteiger partial charge in [-0.2, -0.15) is 0 Å². The van der Waals surface area contributed by atoms with Crippen molar-refractivity contribution in [2.24, 2.45) is 11.8 Å². The fraction of sp³-hybridized carbons (Fsp3) is 0.371. The van der Waals surface area contributed by atoms with Crippen molar-refractivity contribution in [2.75, 3.05) is 152 Å². The summed E-state index contributed by atoms with van der Waals surface area (Å²) in [6.07, 6.45) is 45.8. The first kappa shape index (κ1) is 103. The van der Waals surface area contributed by atoms with Gasteiger partial charge in [-0.05, 0) is 163 Å². The van der Waals surface area contributed by atoms with Crippen LogP contribution in [0.2, 0.25) is 0 Å². The van der Waals surface area contributed by atoms with Gasteiger partial charge in [-0.3, -0.25) is 0 Å². The lowest BCUT2D eigenvalue weighted by atomic mass is 9.82. The molecule has 1 saturated carbocycles. The number of rotatable bonds is 21. The molecule has 0 radical (unpaired) electrons. The average Bonchev–Trinajstić information content (AvgIpc) is 1.69. The van der Waals surface area contributed by atoms with Crippen molar-refractivity contribution in [2.45, 2.75) is 121 Å². The molecular formula is C105H116N14O21S7. The number of allylic oxidation sites excluding steroid dienone is 16. The third-order valence-corrected chi connectivity index (χ3v) is 35.3. The van der Waals surface area contributed by atoms with Gasteiger partial charge >= 0.3 is 0 Å². The first-order valence-corrected chi connectivity index (χ1v) is 54.7. The Hall–Kier alpha value is -8.65. The van der Waals surface area contributed by atoms with E-state index in [1.807, 2.05) is 25.8 Å². The quantitative estimate of drug-likeness (QED) is 0.0116. The van der Waals surface area contributed by atoms with Crippen molar-refractivity contribution in [3.8, 4) is 0 Å². The van der Waals surface area contributed by atoms with E-state index < -0.39 is 0 Å². The molecular weight excluding hydrogens is 2020 g/mol. The summed E-state index contributed by atoms with van der Waals surface area (Å²) in [4.78, 5) is 16.9. The molecule has 0 spiro atoms. The SMILES string of the molecule is OOOSN1CCN2C=C3C=CC[C@@H]3c3cccc(c32)C1.OOOSN1CCN2C=C3CC=C[C@@H]3c3cccc(c32)C1.OOOSN1CCN2C=C3CCC=C3c3cccc(c32)C1.OOOSN1CCN2CC3=CC=C[C@@H]3c3cccc(c32)C1.OOOSN1CCN2CC3=CCC=C3c3cccc(c32)C1.OOOSN1CCN2C[C@@H]3C=CC=C3c3cccc(c32)C1.OOOSN1CCN2C[C@@H]3CCC[C@@H]3c3cccc(c32)C1. The molecule has 7 aromatic carbocycles. The Kier molecular flexibility index (Phi) is 33.9. The minimum Gasteiger partial charge on any atom is -0.369 e. The smallest absolute Gasteiger partial charge is 0.124 e. The maximum absolute atomic E-state index is 8.34. The van der Waals surface area contributed by atoms with E-state index in [1.165, 1.54) is 183 Å². The topological polar surface area (TPSA) is 316 Å². The zero-order chi connectivity index (χ0) is 99.6. The van der Waals surface area contributed by atoms with Crippen LogP contribution in [0.3, 0.4) is 0 Å². The Morgan fingerprint density at radius 3 is 1.33 bits per heavy atom. The monoisotopic (exact) mass is 2130 g/mol. The Morgan fingerprint density at radius 1 is 0.327 bits per heavy atom. The predicted octanol–water partition coefficient (Wildman–Crippen LogP) is 21.8. The van der Waals surface area contributed by atoms with E-state index in [0.29, 0.717) is 23.7 Å². The molecule has 774 valence electrons. The van der Waals surface area contributed by atoms with Crippen LogP contribution in [0.4, 0.5) is 39.8 Å². The molecule has 14 aliphatic heterocycles. The first-order chi connectivity index (χ1) is 72.6. The van der Waals surface area contributed by atoms with Crippen LogP contribution in [-0.4, -0.2) is 185 Å². The third-order valence-electron chi connectivity index (χ3n) is 30.8. The summed E-state index contributed by atoms with van der Waals surface area (Å²) in [5.41, 5.74) is 39.7. The zero-order valence-corrected chi connectivity index (χ0v) is 86.3. The summed E-state index contributed by atoms with van der Waals surface area (Å²) in [6, 6.07) is 45.7. The second-order valence-electron chi connectivity index (χ2n) is 38.8. The van der Waals surface area contributed by atoms with Crippen molar-refractivity contribution in [3.63, 3.8) is 0 Å². The molecule has 147 heavy (non-hydrogen) atoms. The number of hydrogen-bond donors (Lipinski definition) is 7. The van der Waals surface area contributed by atoms with Gasteiger partial charge in [0.2, 0.25) is 0 Å². The van der Waals surface area contributed by atoms with Crippen LogP contribution in [0.1, 0.15) is 153 Å². The fourth-order valence-electron chi connectivity index (χ4n) is 24.8. The van der Waals surface area contributed by atoms with Crippen LogP contribution in [-0.2, 0) is 111 Å². The van der Waals surface area contributed by atoms with Gasteiger partial charge in [0.15, 0.2) is 0 Å². The Bertz CT molecular complexity index is 6330. The van der Waals surface area contributed by atoms with E-state index in [1.54, 1.807) is 5.56 Å². The van der Waals surface area contributed by atoms with E-state index in [0.717, 1.165) is 287 Å². The standard InChI is InChI=1S/C15H20N2O3S.6C15H16N2O3S/c7*18-19-20-21-17-8-7-16-9-11-3-1-5-13(11)14-6-2-4-12(10-17)15(14)16/h2,4,6,11,13,18H,1,3,5,7-10H2;2,4-6,9,18H,1,3,7-8,10H2;2-6,18H,1,7-10H2;1-2,4-6,9,13,18H,3,7-8,10H2;1-4,6,9,13,18H,5,7-8,10H2;1-6,13,18H,7-10H2;1-6,11,18H,7-10H2/t11-,13-;;;3*13-;11-/m0..0000/s1. The molecule has 28 rings (SSSR count). The summed E-state index contributed by atoms with van der Waals surface area (Å²) in [5, 5.41) is 84.3. The maximum Gasteiger partial charge on any atom is 0.124 e. The van der Waals surface area contributed by atoms with Crippen LogP contribution in [0.15, 0.2) is 253 Å². The van der Waals surface area contributed by atoms with Crippen LogP contribution in [0.5, 0.6) is 0 Å². The molecule has 0 amide bonds. The lowest BCUT2D eigenvalue weighted by Gasteiger charge is -2.38. The highest BCUT2D eigenvalue weighted by Gasteiger charge is 2.43. The summed E-state index contributed by atoms with van der Waals surface area (Å²) in [5.74, 6) is 3.47. The second-order valence-corrected chi connectivity index (χ2v) is 44.4. The Labute approximate surface area is 883 Å². The normalized spacial score (nSPS) is 23.4. The molecule has 1 fully saturated rings. The van der Waals surface area contributed by atoms with Crippen molar-refractivity contribution in [1.29, 1.82) is 0 Å². The van der Waals surface area contributed by atoms with Crippen LogP contribution < -0.4 is 34.3 Å². The van der Waals surface area contributed by atoms with Gasteiger partial charge in [0.05, 0.1) is 5.69 Å². The third kappa shape index (κ3) is 22.5. The fourth-order valence-corrected chi connectivity index (χ4v) is 28.0. The Morgan fingerprint density at radius 2 is 0.762 bits per heavy atom. The number of benzene rings is 7. The molecule has 42 heteroatoms. The number of para-hydroxylation sites is 7.